The van der Waals surface area contributed by atoms with Gasteiger partial charge >= 0.3 is 5.97 Å². The summed E-state index contributed by atoms with van der Waals surface area (Å²) in [6.45, 7) is 9.10. The molecule has 0 radical (unpaired) electrons. The van der Waals surface area contributed by atoms with Gasteiger partial charge in [0.15, 0.2) is 6.61 Å². The molecule has 1 N–H and O–H groups in total. The molecule has 7 nitrogen and oxygen atoms in total. The summed E-state index contributed by atoms with van der Waals surface area (Å²) >= 11 is 0. The number of carbonyl (C=O) groups is 3. The lowest BCUT2D eigenvalue weighted by Gasteiger charge is -2.37. The van der Waals surface area contributed by atoms with Gasteiger partial charge in [-0.05, 0) is 57.9 Å². The van der Waals surface area contributed by atoms with E-state index in [9.17, 15) is 14.4 Å². The Balaban J connectivity index is 1.91. The monoisotopic (exact) mass is 732 g/mol. The Morgan fingerprint density at radius 2 is 1.19 bits per heavy atom. The zero-order chi connectivity index (χ0) is 37.5. The highest BCUT2D eigenvalue weighted by molar-refractivity contribution is 5.89. The molecule has 0 aromatic heterocycles. The summed E-state index contributed by atoms with van der Waals surface area (Å²) in [7, 11) is 0. The summed E-state index contributed by atoms with van der Waals surface area (Å²) in [6, 6.07) is 0.294. The van der Waals surface area contributed by atoms with Crippen LogP contribution in [0, 0.1) is 0 Å². The van der Waals surface area contributed by atoms with Crippen molar-refractivity contribution in [3.05, 3.63) is 0 Å². The Morgan fingerprint density at radius 1 is 0.654 bits per heavy atom. The smallest absolute Gasteiger partial charge is 0.306 e. The van der Waals surface area contributed by atoms with E-state index < -0.39 is 6.04 Å². The molecule has 2 rings (SSSR count). The van der Waals surface area contributed by atoms with Crippen LogP contribution >= 0.6 is 0 Å². The topological polar surface area (TPSA) is 79.0 Å². The maximum atomic E-state index is 14.1. The standard InChI is InChI=1S/C45H85N3O4/c1-4-7-9-11-13-14-15-16-17-18-19-21-27-35-44(50)52-39-43(49)48(38-30-37-47-36-29-28-33-41(47)6-3)42(34-26-20-12-10-8-5-2)45(51)46-40-31-24-22-23-25-32-40/h40-42H,4-39H2,1-3H3,(H,46,51). The molecule has 7 heteroatoms. The van der Waals surface area contributed by atoms with Gasteiger partial charge in [-0.3, -0.25) is 14.4 Å². The molecule has 0 bridgehead atoms. The molecule has 0 aromatic rings. The van der Waals surface area contributed by atoms with E-state index in [1.807, 2.05) is 4.90 Å². The first-order valence-corrected chi connectivity index (χ1v) is 23.0. The Morgan fingerprint density at radius 3 is 1.77 bits per heavy atom. The van der Waals surface area contributed by atoms with E-state index in [-0.39, 0.29) is 30.4 Å². The zero-order valence-corrected chi connectivity index (χ0v) is 34.7. The van der Waals surface area contributed by atoms with E-state index in [1.54, 1.807) is 0 Å². The van der Waals surface area contributed by atoms with E-state index in [0.717, 1.165) is 83.7 Å². The van der Waals surface area contributed by atoms with Gasteiger partial charge < -0.3 is 19.9 Å². The summed E-state index contributed by atoms with van der Waals surface area (Å²) in [5, 5.41) is 3.39. The fraction of sp³-hybridized carbons (Fsp3) is 0.933. The molecule has 0 aromatic carbocycles. The lowest BCUT2D eigenvalue weighted by molar-refractivity contribution is -0.154. The number of amides is 2. The first-order chi connectivity index (χ1) is 25.5. The highest BCUT2D eigenvalue weighted by atomic mass is 16.5. The third-order valence-corrected chi connectivity index (χ3v) is 11.9. The Labute approximate surface area is 321 Å². The summed E-state index contributed by atoms with van der Waals surface area (Å²) in [5.41, 5.74) is 0. The molecule has 1 saturated carbocycles. The minimum Gasteiger partial charge on any atom is -0.456 e. The molecular weight excluding hydrogens is 647 g/mol. The van der Waals surface area contributed by atoms with Gasteiger partial charge in [0.1, 0.15) is 6.04 Å². The van der Waals surface area contributed by atoms with Crippen molar-refractivity contribution in [2.75, 3.05) is 26.2 Å². The Kier molecular flexibility index (Phi) is 28.4. The van der Waals surface area contributed by atoms with Gasteiger partial charge in [-0.25, -0.2) is 0 Å². The van der Waals surface area contributed by atoms with Gasteiger partial charge in [0.2, 0.25) is 5.91 Å². The van der Waals surface area contributed by atoms with Crippen LogP contribution in [-0.4, -0.2) is 72.0 Å². The maximum absolute atomic E-state index is 14.1. The molecule has 1 saturated heterocycles. The average Bonchev–Trinajstić information content (AvgIpc) is 3.43. The molecule has 1 aliphatic carbocycles. The van der Waals surface area contributed by atoms with E-state index in [2.05, 4.69) is 31.0 Å². The number of piperidine rings is 1. The zero-order valence-electron chi connectivity index (χ0n) is 34.7. The van der Waals surface area contributed by atoms with Crippen LogP contribution in [0.25, 0.3) is 0 Å². The predicted molar refractivity (Wildman–Crippen MR) is 219 cm³/mol. The Bertz CT molecular complexity index is 890. The number of ether oxygens (including phenoxy) is 1. The fourth-order valence-corrected chi connectivity index (χ4v) is 8.57. The first kappa shape index (κ1) is 46.5. The van der Waals surface area contributed by atoms with Crippen LogP contribution in [0.2, 0.25) is 0 Å². The van der Waals surface area contributed by atoms with Gasteiger partial charge in [0.05, 0.1) is 0 Å². The van der Waals surface area contributed by atoms with E-state index in [1.165, 1.54) is 122 Å². The molecule has 304 valence electrons. The van der Waals surface area contributed by atoms with Gasteiger partial charge in [-0.15, -0.1) is 0 Å². The number of likely N-dealkylation sites (tertiary alicyclic amines) is 1. The molecule has 1 heterocycles. The van der Waals surface area contributed by atoms with Crippen LogP contribution in [0.15, 0.2) is 0 Å². The van der Waals surface area contributed by atoms with E-state index >= 15 is 0 Å². The maximum Gasteiger partial charge on any atom is 0.306 e. The third-order valence-electron chi connectivity index (χ3n) is 11.9. The molecule has 2 aliphatic rings. The van der Waals surface area contributed by atoms with Crippen molar-refractivity contribution in [2.24, 2.45) is 0 Å². The van der Waals surface area contributed by atoms with Crippen molar-refractivity contribution in [1.29, 1.82) is 0 Å². The molecule has 2 atom stereocenters. The third kappa shape index (κ3) is 21.9. The second-order valence-electron chi connectivity index (χ2n) is 16.5. The number of rotatable bonds is 31. The lowest BCUT2D eigenvalue weighted by Crippen LogP contribution is -2.53. The van der Waals surface area contributed by atoms with Crippen molar-refractivity contribution >= 4 is 17.8 Å². The number of hydrogen-bond acceptors (Lipinski definition) is 5. The second kappa shape index (κ2) is 31.7. The van der Waals surface area contributed by atoms with Crippen molar-refractivity contribution in [2.45, 2.75) is 244 Å². The van der Waals surface area contributed by atoms with E-state index in [4.69, 9.17) is 4.74 Å². The van der Waals surface area contributed by atoms with Crippen molar-refractivity contribution < 1.29 is 19.1 Å². The summed E-state index contributed by atoms with van der Waals surface area (Å²) in [5.74, 6) is -0.501. The number of nitrogens with one attached hydrogen (secondary N) is 1. The van der Waals surface area contributed by atoms with Gasteiger partial charge in [-0.2, -0.15) is 0 Å². The molecule has 2 fully saturated rings. The minimum absolute atomic E-state index is 0.00323. The van der Waals surface area contributed by atoms with Gasteiger partial charge in [-0.1, -0.05) is 168 Å². The van der Waals surface area contributed by atoms with Gasteiger partial charge in [0, 0.05) is 31.6 Å². The molecular formula is C45H85N3O4. The van der Waals surface area contributed by atoms with Crippen LogP contribution in [0.3, 0.4) is 0 Å². The molecule has 0 spiro atoms. The number of hydrogen-bond donors (Lipinski definition) is 1. The van der Waals surface area contributed by atoms with Crippen molar-refractivity contribution in [3.8, 4) is 0 Å². The molecule has 52 heavy (non-hydrogen) atoms. The number of carbonyl (C=O) groups excluding carboxylic acids is 3. The van der Waals surface area contributed by atoms with Crippen LogP contribution in [-0.2, 0) is 19.1 Å². The quantitative estimate of drug-likeness (QED) is 0.0436. The number of unbranched alkanes of at least 4 members (excludes halogenated alkanes) is 17. The lowest BCUT2D eigenvalue weighted by atomic mass is 9.99. The fourth-order valence-electron chi connectivity index (χ4n) is 8.57. The van der Waals surface area contributed by atoms with Crippen LogP contribution in [0.5, 0.6) is 0 Å². The summed E-state index contributed by atoms with van der Waals surface area (Å²) in [6.07, 6.45) is 36.9. The average molecular weight is 732 g/mol. The van der Waals surface area contributed by atoms with Crippen LogP contribution < -0.4 is 5.32 Å². The Hall–Kier alpha value is -1.63. The summed E-state index contributed by atoms with van der Waals surface area (Å²) < 4.78 is 5.62. The SMILES string of the molecule is CCCCCCCCCCCCCCCC(=O)OCC(=O)N(CCCN1CCCCC1CC)C(CCCCCCCC)C(=O)NC1CCCCCC1. The van der Waals surface area contributed by atoms with Crippen LogP contribution in [0.4, 0.5) is 0 Å². The molecule has 2 amide bonds. The van der Waals surface area contributed by atoms with Crippen molar-refractivity contribution in [3.63, 3.8) is 0 Å². The first-order valence-electron chi connectivity index (χ1n) is 23.0. The van der Waals surface area contributed by atoms with Crippen LogP contribution in [0.1, 0.15) is 226 Å². The number of esters is 1. The molecule has 2 unspecified atom stereocenters. The predicted octanol–water partition coefficient (Wildman–Crippen LogP) is 11.5. The summed E-state index contributed by atoms with van der Waals surface area (Å²) in [4.78, 5) is 45.2. The van der Waals surface area contributed by atoms with Gasteiger partial charge in [0.25, 0.3) is 5.91 Å². The minimum atomic E-state index is -0.509. The highest BCUT2D eigenvalue weighted by Gasteiger charge is 2.32. The second-order valence-corrected chi connectivity index (χ2v) is 16.5. The number of nitrogens with zero attached hydrogens (tertiary/aromatic N) is 2. The van der Waals surface area contributed by atoms with E-state index in [0.29, 0.717) is 25.4 Å². The highest BCUT2D eigenvalue weighted by Crippen LogP contribution is 2.22. The molecule has 1 aliphatic heterocycles. The van der Waals surface area contributed by atoms with Crippen molar-refractivity contribution in [1.82, 2.24) is 15.1 Å². The normalized spacial score (nSPS) is 17.8. The largest absolute Gasteiger partial charge is 0.456 e.